The first-order valence-corrected chi connectivity index (χ1v) is 10.2. The van der Waals surface area contributed by atoms with Gasteiger partial charge in [-0.1, -0.05) is 67.4 Å². The molecule has 0 aliphatic carbocycles. The minimum Gasteiger partial charge on any atom is -0.400 e. The van der Waals surface area contributed by atoms with Crippen LogP contribution in [0.15, 0.2) is 42.5 Å². The molecule has 3 atom stereocenters. The lowest BCUT2D eigenvalue weighted by Gasteiger charge is -2.32. The highest BCUT2D eigenvalue weighted by Crippen LogP contribution is 2.33. The summed E-state index contributed by atoms with van der Waals surface area (Å²) < 4.78 is 5.90. The average molecular weight is 409 g/mol. The number of halogens is 1. The molecule has 0 unspecified atom stereocenters. The average Bonchev–Trinajstić information content (AvgIpc) is 2.73. The van der Waals surface area contributed by atoms with Crippen LogP contribution in [0.3, 0.4) is 0 Å². The quantitative estimate of drug-likeness (QED) is 0.699. The molecule has 0 bridgehead atoms. The van der Waals surface area contributed by atoms with Crippen molar-refractivity contribution in [2.75, 3.05) is 13.7 Å². The van der Waals surface area contributed by atoms with Crippen molar-refractivity contribution in [3.05, 3.63) is 69.7 Å². The van der Waals surface area contributed by atoms with Gasteiger partial charge in [-0.15, -0.1) is 0 Å². The third-order valence-corrected chi connectivity index (χ3v) is 4.91. The van der Waals surface area contributed by atoms with Crippen molar-refractivity contribution in [1.29, 1.82) is 0 Å². The summed E-state index contributed by atoms with van der Waals surface area (Å²) in [5, 5.41) is 27.1. The van der Waals surface area contributed by atoms with E-state index >= 15 is 0 Å². The molecule has 0 aromatic heterocycles. The van der Waals surface area contributed by atoms with Crippen LogP contribution < -0.4 is 0 Å². The maximum atomic E-state index is 10.0. The van der Waals surface area contributed by atoms with E-state index in [0.29, 0.717) is 12.8 Å². The Kier molecular flexibility index (Phi) is 11.4. The third kappa shape index (κ3) is 7.19. The monoisotopic (exact) mass is 408 g/mol. The van der Waals surface area contributed by atoms with Gasteiger partial charge >= 0.3 is 0 Å². The molecule has 3 rings (SSSR count). The van der Waals surface area contributed by atoms with E-state index in [1.165, 1.54) is 11.1 Å². The SMILES string of the molecule is CC.CO.Cc1ccc(Cc2cc([C@H]3C[C@@H](O)C[C@@H](CO)O3)ccc2Cl)cc1. The lowest BCUT2D eigenvalue weighted by molar-refractivity contribution is -0.113. The molecule has 3 N–H and O–H groups in total. The first kappa shape index (κ1) is 24.6. The van der Waals surface area contributed by atoms with E-state index in [1.54, 1.807) is 0 Å². The zero-order chi connectivity index (χ0) is 21.1. The van der Waals surface area contributed by atoms with E-state index in [4.69, 9.17) is 21.4 Å². The topological polar surface area (TPSA) is 69.9 Å². The summed E-state index contributed by atoms with van der Waals surface area (Å²) in [6.45, 7) is 6.00. The van der Waals surface area contributed by atoms with Gasteiger partial charge in [-0.2, -0.15) is 0 Å². The van der Waals surface area contributed by atoms with Gasteiger partial charge < -0.3 is 20.1 Å². The molecule has 0 spiro atoms. The second-order valence-electron chi connectivity index (χ2n) is 6.57. The van der Waals surface area contributed by atoms with Crippen LogP contribution in [0.2, 0.25) is 5.02 Å². The van der Waals surface area contributed by atoms with Crippen LogP contribution in [0, 0.1) is 6.92 Å². The van der Waals surface area contributed by atoms with E-state index < -0.39 is 6.10 Å². The maximum absolute atomic E-state index is 10.0. The van der Waals surface area contributed by atoms with E-state index in [9.17, 15) is 10.2 Å². The van der Waals surface area contributed by atoms with Gasteiger partial charge in [-0.05, 0) is 36.1 Å². The number of aliphatic hydroxyl groups excluding tert-OH is 3. The first-order chi connectivity index (χ1) is 13.5. The van der Waals surface area contributed by atoms with Crippen molar-refractivity contribution in [1.82, 2.24) is 0 Å². The van der Waals surface area contributed by atoms with Crippen LogP contribution in [0.25, 0.3) is 0 Å². The Morgan fingerprint density at radius 2 is 1.68 bits per heavy atom. The Bertz CT molecular complexity index is 688. The molecule has 0 amide bonds. The summed E-state index contributed by atoms with van der Waals surface area (Å²) in [7, 11) is 1.00. The second kappa shape index (κ2) is 12.9. The molecule has 1 fully saturated rings. The lowest BCUT2D eigenvalue weighted by atomic mass is 9.94. The highest BCUT2D eigenvalue weighted by atomic mass is 35.5. The van der Waals surface area contributed by atoms with Gasteiger partial charge in [0.05, 0.1) is 24.9 Å². The van der Waals surface area contributed by atoms with Gasteiger partial charge in [0.2, 0.25) is 0 Å². The highest BCUT2D eigenvalue weighted by Gasteiger charge is 2.29. The fourth-order valence-corrected chi connectivity index (χ4v) is 3.36. The largest absolute Gasteiger partial charge is 0.400 e. The zero-order valence-corrected chi connectivity index (χ0v) is 18.0. The van der Waals surface area contributed by atoms with E-state index in [1.807, 2.05) is 26.0 Å². The predicted octanol–water partition coefficient (Wildman–Crippen LogP) is 4.45. The molecule has 0 saturated carbocycles. The number of benzene rings is 2. The van der Waals surface area contributed by atoms with E-state index in [2.05, 4.69) is 37.3 Å². The van der Waals surface area contributed by atoms with Gasteiger partial charge in [0.25, 0.3) is 0 Å². The smallest absolute Gasteiger partial charge is 0.0854 e. The normalized spacial score (nSPS) is 21.1. The van der Waals surface area contributed by atoms with Gasteiger partial charge in [-0.25, -0.2) is 0 Å². The summed E-state index contributed by atoms with van der Waals surface area (Å²) in [5.41, 5.74) is 4.48. The van der Waals surface area contributed by atoms with Crippen LogP contribution in [0.1, 0.15) is 55.0 Å². The molecule has 2 aromatic rings. The number of hydrogen-bond donors (Lipinski definition) is 3. The molecule has 5 heteroatoms. The molecule has 1 saturated heterocycles. The van der Waals surface area contributed by atoms with Gasteiger partial charge in [0.1, 0.15) is 0 Å². The molecule has 1 heterocycles. The van der Waals surface area contributed by atoms with Crippen molar-refractivity contribution in [3.63, 3.8) is 0 Å². The number of rotatable bonds is 4. The Hall–Kier alpha value is -1.43. The first-order valence-electron chi connectivity index (χ1n) is 9.78. The second-order valence-corrected chi connectivity index (χ2v) is 6.97. The Morgan fingerprint density at radius 3 is 2.29 bits per heavy atom. The van der Waals surface area contributed by atoms with Gasteiger partial charge in [-0.3, -0.25) is 0 Å². The Morgan fingerprint density at radius 1 is 1.04 bits per heavy atom. The predicted molar refractivity (Wildman–Crippen MR) is 115 cm³/mol. The van der Waals surface area contributed by atoms with E-state index in [0.717, 1.165) is 29.7 Å². The van der Waals surface area contributed by atoms with Crippen LogP contribution in [0.4, 0.5) is 0 Å². The van der Waals surface area contributed by atoms with Crippen molar-refractivity contribution < 1.29 is 20.1 Å². The lowest BCUT2D eigenvalue weighted by Crippen LogP contribution is -2.33. The van der Waals surface area contributed by atoms with Crippen molar-refractivity contribution >= 4 is 11.6 Å². The fraction of sp³-hybridized carbons (Fsp3) is 0.478. The van der Waals surface area contributed by atoms with Crippen LogP contribution in [0.5, 0.6) is 0 Å². The standard InChI is InChI=1S/C20H23ClO3.C2H6.CH4O/c1-13-2-4-14(5-3-13)8-16-9-15(6-7-19(16)21)20-11-17(23)10-18(12-22)24-20;2*1-2/h2-7,9,17-18,20,22-23H,8,10-12H2,1H3;1-2H3;2H,1H3/t17-,18-,20+;;/m0../s1. The molecule has 1 aliphatic rings. The fourth-order valence-electron chi connectivity index (χ4n) is 3.18. The Balaban J connectivity index is 0.000000921. The molecule has 2 aromatic carbocycles. The number of ether oxygens (including phenoxy) is 1. The van der Waals surface area contributed by atoms with Crippen molar-refractivity contribution in [2.24, 2.45) is 0 Å². The molecule has 1 aliphatic heterocycles. The van der Waals surface area contributed by atoms with Crippen LogP contribution >= 0.6 is 11.6 Å². The molecule has 0 radical (unpaired) electrons. The summed E-state index contributed by atoms with van der Waals surface area (Å²) in [6, 6.07) is 14.3. The third-order valence-electron chi connectivity index (χ3n) is 4.54. The minimum atomic E-state index is -0.447. The summed E-state index contributed by atoms with van der Waals surface area (Å²) in [4.78, 5) is 0. The summed E-state index contributed by atoms with van der Waals surface area (Å²) >= 11 is 6.37. The zero-order valence-electron chi connectivity index (χ0n) is 17.2. The van der Waals surface area contributed by atoms with Crippen LogP contribution in [-0.4, -0.2) is 41.2 Å². The van der Waals surface area contributed by atoms with Crippen molar-refractivity contribution in [2.45, 2.75) is 58.3 Å². The highest BCUT2D eigenvalue weighted by molar-refractivity contribution is 6.31. The molecule has 4 nitrogen and oxygen atoms in total. The molecular formula is C23H33ClO4. The summed E-state index contributed by atoms with van der Waals surface area (Å²) in [5.74, 6) is 0. The number of aryl methyl sites for hydroxylation is 1. The Labute approximate surface area is 173 Å². The molecule has 156 valence electrons. The van der Waals surface area contributed by atoms with Crippen LogP contribution in [-0.2, 0) is 11.2 Å². The van der Waals surface area contributed by atoms with Gasteiger partial charge in [0.15, 0.2) is 0 Å². The maximum Gasteiger partial charge on any atom is 0.0854 e. The molecule has 28 heavy (non-hydrogen) atoms. The van der Waals surface area contributed by atoms with Crippen molar-refractivity contribution in [3.8, 4) is 0 Å². The molecular weight excluding hydrogens is 376 g/mol. The number of hydrogen-bond acceptors (Lipinski definition) is 4. The summed E-state index contributed by atoms with van der Waals surface area (Å²) in [6.07, 6.45) is 0.817. The minimum absolute atomic E-state index is 0.0721. The number of aliphatic hydroxyl groups is 3. The van der Waals surface area contributed by atoms with Gasteiger partial charge in [0, 0.05) is 25.0 Å². The van der Waals surface area contributed by atoms with E-state index in [-0.39, 0.29) is 18.8 Å².